The molecule has 0 aromatic heterocycles. The van der Waals surface area contributed by atoms with E-state index in [4.69, 9.17) is 9.59 Å². The zero-order valence-corrected chi connectivity index (χ0v) is 9.58. The van der Waals surface area contributed by atoms with Crippen molar-refractivity contribution in [3.05, 3.63) is 0 Å². The molecule has 0 radical (unpaired) electrons. The Morgan fingerprint density at radius 3 is 0.933 bits per heavy atom. The second kappa shape index (κ2) is 8.45. The predicted octanol–water partition coefficient (Wildman–Crippen LogP) is 1.18. The molecular weight excluding hydrogens is 291 g/mol. The van der Waals surface area contributed by atoms with Gasteiger partial charge in [-0.15, -0.1) is 26.3 Å². The van der Waals surface area contributed by atoms with Crippen molar-refractivity contribution < 1.29 is 64.9 Å². The third-order valence-corrected chi connectivity index (χ3v) is 0.315. The third kappa shape index (κ3) is 32.0. The molecule has 0 unspecified atom stereocenters. The molecule has 0 atom stereocenters. The maximum atomic E-state index is 10.6. The number of alkyl halides is 6. The zero-order chi connectivity index (χ0) is 11.8. The summed E-state index contributed by atoms with van der Waals surface area (Å²) < 4.78 is 68.3. The fourth-order valence-electron chi connectivity index (χ4n) is 0.0945. The number of carbonyl (C=O) groups excluding carboxylic acids is 2. The largest absolute Gasteiger partial charge is 2.00 e. The summed E-state index contributed by atoms with van der Waals surface area (Å²) in [6, 6.07) is 0. The zero-order valence-electron chi connectivity index (χ0n) is 6.61. The van der Waals surface area contributed by atoms with Crippen molar-refractivity contribution >= 4 is 12.9 Å². The van der Waals surface area contributed by atoms with Crippen LogP contribution in [0, 0.1) is 0 Å². The maximum absolute atomic E-state index is 10.6. The molecule has 0 N–H and O–H groups in total. The van der Waals surface area contributed by atoms with E-state index in [0.29, 0.717) is 0 Å². The van der Waals surface area contributed by atoms with Crippen LogP contribution in [0.2, 0.25) is 0 Å². The Balaban J connectivity index is -0.000000180. The molecule has 11 heteroatoms. The minimum absolute atomic E-state index is 0. The number of halogens is 6. The summed E-state index contributed by atoms with van der Waals surface area (Å²) in [5.41, 5.74) is 0. The van der Waals surface area contributed by atoms with E-state index in [0.717, 1.165) is 0 Å². The van der Waals surface area contributed by atoms with Crippen molar-refractivity contribution in [2.75, 3.05) is 0 Å². The van der Waals surface area contributed by atoms with Gasteiger partial charge in [0, 0.05) is 0 Å². The molecule has 0 aliphatic heterocycles. The molecule has 0 bridgehead atoms. The van der Waals surface area contributed by atoms with Crippen molar-refractivity contribution in [1.29, 1.82) is 0 Å². The Morgan fingerprint density at radius 2 is 0.933 bits per heavy atom. The molecule has 0 aliphatic rings. The van der Waals surface area contributed by atoms with Gasteiger partial charge < -0.3 is 19.1 Å². The monoisotopic (exact) mass is 290 g/mol. The van der Waals surface area contributed by atoms with E-state index < -0.39 is 12.7 Å². The molecular formula is C4F6O4Zn. The van der Waals surface area contributed by atoms with Gasteiger partial charge in [-0.25, -0.2) is 0 Å². The second-order valence-electron chi connectivity index (χ2n) is 1.26. The minimum Gasteiger partial charge on any atom is -0.576 e. The molecule has 0 fully saturated rings. The summed E-state index contributed by atoms with van der Waals surface area (Å²) in [6.07, 6.45) is -9.75. The molecule has 0 spiro atoms. The average molecular weight is 291 g/mol. The van der Waals surface area contributed by atoms with Gasteiger partial charge in [-0.2, -0.15) is 0 Å². The minimum atomic E-state index is -4.87. The van der Waals surface area contributed by atoms with Gasteiger partial charge in [0.05, 0.1) is 0 Å². The third-order valence-electron chi connectivity index (χ3n) is 0.315. The van der Waals surface area contributed by atoms with Crippen molar-refractivity contribution in [3.8, 4) is 0 Å². The van der Waals surface area contributed by atoms with E-state index in [1.165, 1.54) is 0 Å². The van der Waals surface area contributed by atoms with Gasteiger partial charge >= 0.3 is 32.2 Å². The molecule has 0 aromatic rings. The first kappa shape index (κ1) is 19.7. The van der Waals surface area contributed by atoms with Crippen LogP contribution in [0.15, 0.2) is 0 Å². The Labute approximate surface area is 91.3 Å². The van der Waals surface area contributed by atoms with E-state index in [1.54, 1.807) is 0 Å². The van der Waals surface area contributed by atoms with Crippen LogP contribution in [0.3, 0.4) is 0 Å². The Morgan fingerprint density at radius 1 is 0.733 bits per heavy atom. The van der Waals surface area contributed by atoms with E-state index in [-0.39, 0.29) is 32.4 Å². The van der Waals surface area contributed by atoms with Crippen LogP contribution >= 0.6 is 0 Å². The summed E-state index contributed by atoms with van der Waals surface area (Å²) in [4.78, 5) is 17.5. The number of hydrogen-bond acceptors (Lipinski definition) is 4. The van der Waals surface area contributed by atoms with Crippen LogP contribution < -0.4 is 0 Å². The fourth-order valence-corrected chi connectivity index (χ4v) is 0.0945. The summed E-state index contributed by atoms with van der Waals surface area (Å²) in [5.74, 6) is 0. The summed E-state index contributed by atoms with van der Waals surface area (Å²) in [6.45, 7) is 0.465. The SMILES string of the molecule is O=[C-]OC(F)(F)F.O=[C-]OC(F)(F)F.[Zn+2]. The predicted molar refractivity (Wildman–Crippen MR) is 25.7 cm³/mol. The first-order valence-corrected chi connectivity index (χ1v) is 2.36. The molecule has 0 aromatic carbocycles. The van der Waals surface area contributed by atoms with Crippen molar-refractivity contribution in [1.82, 2.24) is 0 Å². The van der Waals surface area contributed by atoms with E-state index >= 15 is 0 Å². The quantitative estimate of drug-likeness (QED) is 0.435. The molecule has 0 amide bonds. The first-order valence-electron chi connectivity index (χ1n) is 2.36. The summed E-state index contributed by atoms with van der Waals surface area (Å²) in [5, 5.41) is 0. The van der Waals surface area contributed by atoms with Gasteiger partial charge in [-0.3, -0.25) is 0 Å². The van der Waals surface area contributed by atoms with Crippen LogP contribution in [0.5, 0.6) is 0 Å². The molecule has 0 aliphatic carbocycles. The summed E-state index contributed by atoms with van der Waals surface area (Å²) in [7, 11) is 0. The average Bonchev–Trinajstić information content (AvgIpc) is 1.81. The normalized spacial score (nSPS) is 10.0. The number of rotatable bonds is 2. The molecule has 0 saturated carbocycles. The van der Waals surface area contributed by atoms with Crippen molar-refractivity contribution in [2.45, 2.75) is 12.7 Å². The first-order chi connectivity index (χ1) is 6.12. The van der Waals surface area contributed by atoms with Gasteiger partial charge in [0.2, 0.25) is 0 Å². The molecule has 15 heavy (non-hydrogen) atoms. The second-order valence-corrected chi connectivity index (χ2v) is 1.26. The molecule has 0 heterocycles. The molecule has 4 nitrogen and oxygen atoms in total. The van der Waals surface area contributed by atoms with E-state index in [1.807, 2.05) is 0 Å². The van der Waals surface area contributed by atoms with Crippen LogP contribution in [0.4, 0.5) is 26.3 Å². The summed E-state index contributed by atoms with van der Waals surface area (Å²) >= 11 is 0. The molecule has 0 rings (SSSR count). The van der Waals surface area contributed by atoms with Crippen LogP contribution in [0.25, 0.3) is 0 Å². The van der Waals surface area contributed by atoms with Gasteiger partial charge in [0.15, 0.2) is 0 Å². The van der Waals surface area contributed by atoms with Crippen LogP contribution in [0.1, 0.15) is 0 Å². The maximum Gasteiger partial charge on any atom is 2.00 e. The number of hydrogen-bond donors (Lipinski definition) is 0. The Hall–Kier alpha value is -0.857. The molecule has 0 saturated heterocycles. The smallest absolute Gasteiger partial charge is 0.576 e. The van der Waals surface area contributed by atoms with E-state index in [2.05, 4.69) is 9.47 Å². The van der Waals surface area contributed by atoms with Crippen molar-refractivity contribution in [2.24, 2.45) is 0 Å². The van der Waals surface area contributed by atoms with E-state index in [9.17, 15) is 26.3 Å². The standard InChI is InChI=1S/2C2F3O2.Zn/c2*3-2(4,5)7-1-6;/q2*-1;+2. The van der Waals surface area contributed by atoms with Gasteiger partial charge in [0.1, 0.15) is 0 Å². The van der Waals surface area contributed by atoms with Gasteiger partial charge in [-0.1, -0.05) is 12.9 Å². The fraction of sp³-hybridized carbons (Fsp3) is 0.500. The van der Waals surface area contributed by atoms with Crippen LogP contribution in [-0.4, -0.2) is 25.7 Å². The molecule has 84 valence electrons. The topological polar surface area (TPSA) is 52.6 Å². The van der Waals surface area contributed by atoms with Gasteiger partial charge in [-0.05, 0) is 0 Å². The van der Waals surface area contributed by atoms with Crippen LogP contribution in [-0.2, 0) is 38.5 Å². The number of ether oxygens (including phenoxy) is 2. The Bertz CT molecular complexity index is 157. The van der Waals surface area contributed by atoms with Crippen molar-refractivity contribution in [3.63, 3.8) is 0 Å². The van der Waals surface area contributed by atoms with Gasteiger partial charge in [0.25, 0.3) is 0 Å². The Kier molecular flexibility index (Phi) is 11.1.